The minimum Gasteiger partial charge on any atom is -0.291 e. The number of benzene rings is 1. The first kappa shape index (κ1) is 21.8. The van der Waals surface area contributed by atoms with E-state index in [1.807, 2.05) is 42.6 Å². The first-order valence-corrected chi connectivity index (χ1v) is 12.5. The number of thioether (sulfide) groups is 1. The second-order valence-electron chi connectivity index (χ2n) is 7.71. The van der Waals surface area contributed by atoms with Crippen LogP contribution in [-0.2, 0) is 4.79 Å². The van der Waals surface area contributed by atoms with Gasteiger partial charge in [-0.05, 0) is 47.2 Å². The molecule has 0 saturated carbocycles. The number of carbonyl (C=O) groups is 1. The van der Waals surface area contributed by atoms with Crippen LogP contribution in [0.2, 0.25) is 0 Å². The molecule has 31 heavy (non-hydrogen) atoms. The van der Waals surface area contributed by atoms with Crippen molar-refractivity contribution in [2.75, 3.05) is 10.7 Å². The van der Waals surface area contributed by atoms with Gasteiger partial charge in [-0.3, -0.25) is 14.6 Å². The SMILES string of the molecule is CCCCCCSc1n[n+]2c(c(=O)[nH]1)-c1ccccc1N(C(C)=O)[C@H]2c1sccc1C. The maximum absolute atomic E-state index is 13.2. The lowest BCUT2D eigenvalue weighted by atomic mass is 10.0. The summed E-state index contributed by atoms with van der Waals surface area (Å²) in [6, 6.07) is 9.59. The standard InChI is InChI=1S/C23H26N4O2S2/c1-4-5-6-9-13-31-23-24-21(29)19-17-10-7-8-11-18(17)26(16(3)28)22(27(19)25-23)20-15(2)12-14-30-20/h7-8,10-12,14,22H,4-6,9,13H2,1-3H3/p+1/t22-/m1/s1. The van der Waals surface area contributed by atoms with E-state index in [9.17, 15) is 9.59 Å². The van der Waals surface area contributed by atoms with E-state index in [4.69, 9.17) is 5.10 Å². The second kappa shape index (κ2) is 9.36. The smallest absolute Gasteiger partial charge is 0.291 e. The number of anilines is 1. The van der Waals surface area contributed by atoms with Gasteiger partial charge in [0.15, 0.2) is 0 Å². The number of thiophene rings is 1. The third-order valence-corrected chi connectivity index (χ3v) is 7.48. The highest BCUT2D eigenvalue weighted by Crippen LogP contribution is 2.39. The molecule has 3 heterocycles. The zero-order valence-corrected chi connectivity index (χ0v) is 19.7. The fourth-order valence-electron chi connectivity index (χ4n) is 3.96. The Bertz CT molecular complexity index is 1150. The van der Waals surface area contributed by atoms with Crippen molar-refractivity contribution in [2.24, 2.45) is 0 Å². The van der Waals surface area contributed by atoms with E-state index in [-0.39, 0.29) is 11.5 Å². The van der Waals surface area contributed by atoms with Gasteiger partial charge in [0.25, 0.3) is 0 Å². The number of H-pyrrole nitrogens is 1. The monoisotopic (exact) mass is 455 g/mol. The highest BCUT2D eigenvalue weighted by atomic mass is 32.2. The summed E-state index contributed by atoms with van der Waals surface area (Å²) in [6.07, 6.45) is 4.18. The summed E-state index contributed by atoms with van der Waals surface area (Å²) in [5.74, 6) is 0.817. The van der Waals surface area contributed by atoms with Crippen LogP contribution in [0.3, 0.4) is 0 Å². The topological polar surface area (TPSA) is 69.9 Å². The van der Waals surface area contributed by atoms with Crippen LogP contribution in [-0.4, -0.2) is 21.7 Å². The van der Waals surface area contributed by atoms with Crippen molar-refractivity contribution >= 4 is 34.7 Å². The van der Waals surface area contributed by atoms with Gasteiger partial charge < -0.3 is 0 Å². The van der Waals surface area contributed by atoms with Gasteiger partial charge in [0.05, 0.1) is 11.3 Å². The molecule has 1 aliphatic rings. The Morgan fingerprint density at radius 1 is 1.26 bits per heavy atom. The number of carbonyl (C=O) groups excluding carboxylic acids is 1. The predicted molar refractivity (Wildman–Crippen MR) is 126 cm³/mol. The zero-order valence-electron chi connectivity index (χ0n) is 18.1. The van der Waals surface area contributed by atoms with Gasteiger partial charge in [0.2, 0.25) is 11.1 Å². The van der Waals surface area contributed by atoms with E-state index < -0.39 is 6.17 Å². The number of aryl methyl sites for hydroxylation is 1. The number of nitrogens with zero attached hydrogens (tertiary/aromatic N) is 3. The molecule has 0 radical (unpaired) electrons. The van der Waals surface area contributed by atoms with Crippen LogP contribution in [0.4, 0.5) is 5.69 Å². The van der Waals surface area contributed by atoms with Crippen molar-refractivity contribution in [1.29, 1.82) is 0 Å². The van der Waals surface area contributed by atoms with Crippen molar-refractivity contribution in [3.05, 3.63) is 56.5 Å². The number of aromatic nitrogens is 3. The molecule has 0 saturated heterocycles. The molecule has 162 valence electrons. The van der Waals surface area contributed by atoms with Crippen molar-refractivity contribution < 1.29 is 9.48 Å². The average Bonchev–Trinajstić information content (AvgIpc) is 3.17. The number of aromatic amines is 1. The molecule has 0 bridgehead atoms. The van der Waals surface area contributed by atoms with Crippen LogP contribution >= 0.6 is 23.1 Å². The fraction of sp³-hybridized carbons (Fsp3) is 0.391. The Labute approximate surface area is 190 Å². The highest BCUT2D eigenvalue weighted by molar-refractivity contribution is 7.99. The number of unbranched alkanes of at least 4 members (excludes halogenated alkanes) is 3. The van der Waals surface area contributed by atoms with Gasteiger partial charge in [0.1, 0.15) is 4.88 Å². The van der Waals surface area contributed by atoms with Crippen LogP contribution in [0.25, 0.3) is 11.3 Å². The third-order valence-electron chi connectivity index (χ3n) is 5.47. The average molecular weight is 456 g/mol. The summed E-state index contributed by atoms with van der Waals surface area (Å²) in [5.41, 5.74) is 2.84. The minimum absolute atomic E-state index is 0.0840. The first-order chi connectivity index (χ1) is 15.0. The van der Waals surface area contributed by atoms with Crippen LogP contribution in [0.15, 0.2) is 45.7 Å². The molecule has 1 aromatic carbocycles. The molecular formula is C23H27N4O2S2+. The molecule has 0 spiro atoms. The molecule has 8 heteroatoms. The lowest BCUT2D eigenvalue weighted by Crippen LogP contribution is -2.60. The summed E-state index contributed by atoms with van der Waals surface area (Å²) in [4.78, 5) is 31.8. The third kappa shape index (κ3) is 4.19. The first-order valence-electron chi connectivity index (χ1n) is 10.6. The van der Waals surface area contributed by atoms with Gasteiger partial charge >= 0.3 is 17.4 Å². The lowest BCUT2D eigenvalue weighted by Gasteiger charge is -2.31. The van der Waals surface area contributed by atoms with E-state index in [1.54, 1.807) is 39.6 Å². The quantitative estimate of drug-likeness (QED) is 0.319. The molecule has 3 aromatic rings. The van der Waals surface area contributed by atoms with Crippen molar-refractivity contribution in [3.8, 4) is 11.3 Å². The maximum Gasteiger partial charge on any atom is 0.325 e. The molecular weight excluding hydrogens is 428 g/mol. The molecule has 0 unspecified atom stereocenters. The fourth-order valence-corrected chi connectivity index (χ4v) is 5.81. The highest BCUT2D eigenvalue weighted by Gasteiger charge is 2.45. The summed E-state index contributed by atoms with van der Waals surface area (Å²) in [7, 11) is 0. The van der Waals surface area contributed by atoms with Gasteiger partial charge in [-0.1, -0.05) is 50.1 Å². The molecule has 6 nitrogen and oxygen atoms in total. The van der Waals surface area contributed by atoms with Crippen LogP contribution < -0.4 is 15.1 Å². The molecule has 1 N–H and O–H groups in total. The molecule has 4 rings (SSSR count). The zero-order chi connectivity index (χ0) is 22.0. The molecule has 1 amide bonds. The number of nitrogens with one attached hydrogen (secondary N) is 1. The Kier molecular flexibility index (Phi) is 6.57. The molecule has 0 aliphatic carbocycles. The molecule has 1 aliphatic heterocycles. The van der Waals surface area contributed by atoms with Crippen LogP contribution in [0, 0.1) is 6.92 Å². The van der Waals surface area contributed by atoms with E-state index in [2.05, 4.69) is 11.9 Å². The van der Waals surface area contributed by atoms with E-state index in [0.29, 0.717) is 10.9 Å². The summed E-state index contributed by atoms with van der Waals surface area (Å²) in [6.45, 7) is 5.79. The lowest BCUT2D eigenvalue weighted by molar-refractivity contribution is -0.762. The number of hydrogen-bond acceptors (Lipinski definition) is 5. The van der Waals surface area contributed by atoms with Crippen LogP contribution in [0.5, 0.6) is 0 Å². The van der Waals surface area contributed by atoms with E-state index in [1.165, 1.54) is 19.3 Å². The normalized spacial score (nSPS) is 14.9. The van der Waals surface area contributed by atoms with Gasteiger partial charge in [-0.2, -0.15) is 0 Å². The van der Waals surface area contributed by atoms with E-state index >= 15 is 0 Å². The minimum atomic E-state index is -0.482. The second-order valence-corrected chi connectivity index (χ2v) is 9.74. The van der Waals surface area contributed by atoms with Gasteiger partial charge in [0, 0.05) is 17.8 Å². The van der Waals surface area contributed by atoms with Gasteiger partial charge in [-0.25, -0.2) is 4.90 Å². The van der Waals surface area contributed by atoms with Crippen LogP contribution in [0.1, 0.15) is 56.1 Å². The summed E-state index contributed by atoms with van der Waals surface area (Å²) in [5, 5.41) is 7.44. The van der Waals surface area contributed by atoms with Crippen molar-refractivity contribution in [2.45, 2.75) is 57.8 Å². The Hall–Kier alpha value is -2.45. The number of amides is 1. The number of fused-ring (bicyclic) bond motifs is 3. The number of rotatable bonds is 7. The molecule has 0 fully saturated rings. The van der Waals surface area contributed by atoms with E-state index in [0.717, 1.165) is 33.9 Å². The van der Waals surface area contributed by atoms with Crippen molar-refractivity contribution in [1.82, 2.24) is 10.1 Å². The predicted octanol–water partition coefficient (Wildman–Crippen LogP) is 4.68. The molecule has 1 atom stereocenters. The number of para-hydroxylation sites is 1. The molecule has 2 aromatic heterocycles. The number of hydrogen-bond donors (Lipinski definition) is 1. The van der Waals surface area contributed by atoms with Crippen molar-refractivity contribution in [3.63, 3.8) is 0 Å². The maximum atomic E-state index is 13.2. The van der Waals surface area contributed by atoms with Gasteiger partial charge in [-0.15, -0.1) is 11.3 Å². The summed E-state index contributed by atoms with van der Waals surface area (Å²) < 4.78 is 1.75. The Morgan fingerprint density at radius 2 is 2.06 bits per heavy atom. The largest absolute Gasteiger partial charge is 0.325 e. The summed E-state index contributed by atoms with van der Waals surface area (Å²) >= 11 is 3.15. The Morgan fingerprint density at radius 3 is 2.77 bits per heavy atom. The Balaban J connectivity index is 1.84.